The molecule has 0 saturated carbocycles. The van der Waals surface area contributed by atoms with Gasteiger partial charge in [-0.05, 0) is 56.0 Å². The second kappa shape index (κ2) is 7.48. The molecule has 0 spiro atoms. The minimum absolute atomic E-state index is 0.0637. The van der Waals surface area contributed by atoms with Crippen LogP contribution in [0.5, 0.6) is 0 Å². The molecule has 3 heterocycles. The summed E-state index contributed by atoms with van der Waals surface area (Å²) >= 11 is 0. The Morgan fingerprint density at radius 2 is 2.04 bits per heavy atom. The minimum Gasteiger partial charge on any atom is -0.264 e. The second-order valence-electron chi connectivity index (χ2n) is 7.44. The molecule has 1 aliphatic heterocycles. The summed E-state index contributed by atoms with van der Waals surface area (Å²) in [6, 6.07) is 16.0. The normalized spacial score (nSPS) is 19.4. The fraction of sp³-hybridized carbons (Fsp3) is 0.333. The third-order valence-electron chi connectivity index (χ3n) is 5.12. The van der Waals surface area contributed by atoms with Crippen LogP contribution in [0.2, 0.25) is 0 Å². The van der Waals surface area contributed by atoms with Gasteiger partial charge in [-0.25, -0.2) is 13.1 Å². The molecule has 0 bridgehead atoms. The van der Waals surface area contributed by atoms with Crippen LogP contribution in [-0.4, -0.2) is 35.5 Å². The highest BCUT2D eigenvalue weighted by Gasteiger charge is 2.32. The lowest BCUT2D eigenvalue weighted by atomic mass is 9.92. The molecule has 1 N–H and O–H groups in total. The standard InChI is InChI=1S/C21H24N4O2S/c1-15-12-18-9-10-20(24-28(2,26)27)21(25(18)23-15)14-16-6-5-7-17(13-16)19-8-3-4-11-22-19/h3-8,11-13,20-21,24H,9-10,14H2,1-2H3. The van der Waals surface area contributed by atoms with E-state index in [9.17, 15) is 8.42 Å². The molecular formula is C21H24N4O2S. The van der Waals surface area contributed by atoms with E-state index in [-0.39, 0.29) is 12.1 Å². The van der Waals surface area contributed by atoms with Crippen LogP contribution in [-0.2, 0) is 22.9 Å². The van der Waals surface area contributed by atoms with E-state index in [4.69, 9.17) is 0 Å². The van der Waals surface area contributed by atoms with E-state index >= 15 is 0 Å². The first-order chi connectivity index (χ1) is 13.4. The van der Waals surface area contributed by atoms with E-state index in [0.29, 0.717) is 6.42 Å². The summed E-state index contributed by atoms with van der Waals surface area (Å²) in [5, 5.41) is 4.66. The highest BCUT2D eigenvalue weighted by molar-refractivity contribution is 7.88. The minimum atomic E-state index is -3.30. The lowest BCUT2D eigenvalue weighted by molar-refractivity contribution is 0.299. The zero-order valence-corrected chi connectivity index (χ0v) is 16.9. The van der Waals surface area contributed by atoms with Gasteiger partial charge < -0.3 is 0 Å². The molecule has 0 saturated heterocycles. The summed E-state index contributed by atoms with van der Waals surface area (Å²) in [7, 11) is -3.30. The van der Waals surface area contributed by atoms with E-state index in [1.165, 1.54) is 6.26 Å². The van der Waals surface area contributed by atoms with E-state index in [1.807, 2.05) is 41.9 Å². The summed E-state index contributed by atoms with van der Waals surface area (Å²) < 4.78 is 28.6. The number of fused-ring (bicyclic) bond motifs is 1. The number of aromatic nitrogens is 3. The molecule has 2 unspecified atom stereocenters. The van der Waals surface area contributed by atoms with Gasteiger partial charge in [-0.1, -0.05) is 24.3 Å². The predicted molar refractivity (Wildman–Crippen MR) is 109 cm³/mol. The quantitative estimate of drug-likeness (QED) is 0.719. The first-order valence-corrected chi connectivity index (χ1v) is 11.3. The molecule has 1 aliphatic rings. The summed E-state index contributed by atoms with van der Waals surface area (Å²) in [5.74, 6) is 0. The Morgan fingerprint density at radius 1 is 1.18 bits per heavy atom. The third-order valence-corrected chi connectivity index (χ3v) is 5.85. The molecule has 2 atom stereocenters. The Morgan fingerprint density at radius 3 is 2.79 bits per heavy atom. The van der Waals surface area contributed by atoms with Gasteiger partial charge >= 0.3 is 0 Å². The summed E-state index contributed by atoms with van der Waals surface area (Å²) in [6.07, 6.45) is 5.28. The molecule has 0 amide bonds. The van der Waals surface area contributed by atoms with Gasteiger partial charge in [0, 0.05) is 23.5 Å². The average Bonchev–Trinajstić information content (AvgIpc) is 3.04. The number of nitrogens with one attached hydrogen (secondary N) is 1. The van der Waals surface area contributed by atoms with Gasteiger partial charge in [0.2, 0.25) is 10.0 Å². The maximum absolute atomic E-state index is 11.9. The van der Waals surface area contributed by atoms with Crippen LogP contribution in [0.25, 0.3) is 11.3 Å². The van der Waals surface area contributed by atoms with Crippen LogP contribution in [0.3, 0.4) is 0 Å². The highest BCUT2D eigenvalue weighted by atomic mass is 32.2. The molecule has 4 rings (SSSR count). The zero-order valence-electron chi connectivity index (χ0n) is 16.0. The van der Waals surface area contributed by atoms with Gasteiger partial charge in [0.25, 0.3) is 0 Å². The van der Waals surface area contributed by atoms with Gasteiger partial charge in [0.15, 0.2) is 0 Å². The summed E-state index contributed by atoms with van der Waals surface area (Å²) in [6.45, 7) is 1.98. The van der Waals surface area contributed by atoms with Crippen LogP contribution in [0.15, 0.2) is 54.7 Å². The van der Waals surface area contributed by atoms with Crippen molar-refractivity contribution in [3.63, 3.8) is 0 Å². The molecule has 2 aromatic heterocycles. The van der Waals surface area contributed by atoms with Gasteiger partial charge in [0.1, 0.15) is 0 Å². The van der Waals surface area contributed by atoms with Gasteiger partial charge in [-0.15, -0.1) is 0 Å². The fourth-order valence-corrected chi connectivity index (χ4v) is 4.81. The molecule has 146 valence electrons. The Bertz CT molecular complexity index is 1080. The van der Waals surface area contributed by atoms with Crippen LogP contribution in [0, 0.1) is 6.92 Å². The van der Waals surface area contributed by atoms with Crippen molar-refractivity contribution in [1.82, 2.24) is 19.5 Å². The number of nitrogens with zero attached hydrogens (tertiary/aromatic N) is 3. The van der Waals surface area contributed by atoms with Crippen LogP contribution in [0.4, 0.5) is 0 Å². The van der Waals surface area contributed by atoms with Crippen molar-refractivity contribution in [3.8, 4) is 11.3 Å². The Balaban J connectivity index is 1.67. The van der Waals surface area contributed by atoms with Crippen molar-refractivity contribution >= 4 is 10.0 Å². The second-order valence-corrected chi connectivity index (χ2v) is 9.22. The molecule has 3 aromatic rings. The maximum atomic E-state index is 11.9. The van der Waals surface area contributed by atoms with E-state index in [2.05, 4.69) is 33.0 Å². The van der Waals surface area contributed by atoms with Crippen LogP contribution >= 0.6 is 0 Å². The number of benzene rings is 1. The van der Waals surface area contributed by atoms with Crippen LogP contribution < -0.4 is 4.72 Å². The largest absolute Gasteiger partial charge is 0.264 e. The van der Waals surface area contributed by atoms with Gasteiger partial charge in [-0.3, -0.25) is 9.67 Å². The molecule has 1 aromatic carbocycles. The lowest BCUT2D eigenvalue weighted by Gasteiger charge is -2.33. The first-order valence-electron chi connectivity index (χ1n) is 9.42. The van der Waals surface area contributed by atoms with Crippen molar-refractivity contribution in [3.05, 3.63) is 71.7 Å². The first kappa shape index (κ1) is 18.8. The SMILES string of the molecule is Cc1cc2n(n1)C(Cc1cccc(-c3ccccn3)c1)C(NS(C)(=O)=O)CC2. The smallest absolute Gasteiger partial charge is 0.209 e. The maximum Gasteiger partial charge on any atom is 0.209 e. The molecule has 7 heteroatoms. The molecule has 0 radical (unpaired) electrons. The number of rotatable bonds is 5. The van der Waals surface area contributed by atoms with E-state index < -0.39 is 10.0 Å². The highest BCUT2D eigenvalue weighted by Crippen LogP contribution is 2.30. The lowest BCUT2D eigenvalue weighted by Crippen LogP contribution is -2.45. The Kier molecular flexibility index (Phi) is 5.03. The van der Waals surface area contributed by atoms with Crippen molar-refractivity contribution < 1.29 is 8.42 Å². The molecule has 28 heavy (non-hydrogen) atoms. The summed E-state index contributed by atoms with van der Waals surface area (Å²) in [5.41, 5.74) is 5.24. The number of hydrogen-bond donors (Lipinski definition) is 1. The van der Waals surface area contributed by atoms with Gasteiger partial charge in [-0.2, -0.15) is 5.10 Å². The predicted octanol–water partition coefficient (Wildman–Crippen LogP) is 2.90. The topological polar surface area (TPSA) is 76.9 Å². The van der Waals surface area contributed by atoms with Crippen molar-refractivity contribution in [2.24, 2.45) is 0 Å². The molecule has 6 nitrogen and oxygen atoms in total. The van der Waals surface area contributed by atoms with Crippen molar-refractivity contribution in [1.29, 1.82) is 0 Å². The van der Waals surface area contributed by atoms with E-state index in [0.717, 1.165) is 41.1 Å². The average molecular weight is 397 g/mol. The number of aryl methyl sites for hydroxylation is 2. The van der Waals surface area contributed by atoms with Crippen molar-refractivity contribution in [2.75, 3.05) is 6.26 Å². The summed E-state index contributed by atoms with van der Waals surface area (Å²) in [4.78, 5) is 4.43. The molecule has 0 fully saturated rings. The monoisotopic (exact) mass is 396 g/mol. The number of hydrogen-bond acceptors (Lipinski definition) is 4. The fourth-order valence-electron chi connectivity index (χ4n) is 3.98. The van der Waals surface area contributed by atoms with Crippen molar-refractivity contribution in [2.45, 2.75) is 38.3 Å². The van der Waals surface area contributed by atoms with E-state index in [1.54, 1.807) is 6.20 Å². The Labute approximate surface area is 165 Å². The number of sulfonamides is 1. The molecule has 0 aliphatic carbocycles. The Hall–Kier alpha value is -2.51. The third kappa shape index (κ3) is 4.15. The van der Waals surface area contributed by atoms with Crippen LogP contribution in [0.1, 0.15) is 29.4 Å². The molecular weight excluding hydrogens is 372 g/mol. The zero-order chi connectivity index (χ0) is 19.7. The number of pyridine rings is 1. The van der Waals surface area contributed by atoms with Gasteiger partial charge in [0.05, 0.1) is 23.7 Å².